The van der Waals surface area contributed by atoms with Crippen LogP contribution in [0.3, 0.4) is 0 Å². The molecule has 4 atom stereocenters. The number of halogens is 2. The number of aromatic nitrogens is 2. The second-order valence-electron chi connectivity index (χ2n) is 14.1. The minimum absolute atomic E-state index is 0.0513. The molecule has 5 rings (SSSR count). The summed E-state index contributed by atoms with van der Waals surface area (Å²) in [5.74, 6) is -1.70. The molecular weight excluding hydrogens is 697 g/mol. The number of nitrogens with zero attached hydrogens (tertiary/aromatic N) is 2. The zero-order valence-corrected chi connectivity index (χ0v) is 31.3. The van der Waals surface area contributed by atoms with E-state index in [0.29, 0.717) is 28.8 Å². The van der Waals surface area contributed by atoms with Gasteiger partial charge in [-0.2, -0.15) is 5.10 Å². The third-order valence-electron chi connectivity index (χ3n) is 9.15. The number of allylic oxidation sites excluding steroid dienone is 4. The van der Waals surface area contributed by atoms with Crippen LogP contribution in [0.2, 0.25) is 5.02 Å². The number of aromatic amines is 1. The van der Waals surface area contributed by atoms with E-state index in [9.17, 15) is 14.7 Å². The SMILES string of the molecule is C=C/C=C\C=C(/Cl)C1C(CN(Cc2ccc(-c3cn[nH]c3)cc2)c2ccc(Cl)cc2)C(CC(C)(C)C)N[C@H]1C(=O)Nc1ccc(C(=O)O)cc1OC. The fraction of sp³-hybridized carbons (Fsp3) is 0.293. The van der Waals surface area contributed by atoms with Gasteiger partial charge in [-0.15, -0.1) is 0 Å². The average Bonchev–Trinajstić information content (AvgIpc) is 3.77. The summed E-state index contributed by atoms with van der Waals surface area (Å²) in [6.07, 6.45) is 11.6. The first-order valence-corrected chi connectivity index (χ1v) is 17.8. The van der Waals surface area contributed by atoms with Crippen LogP contribution >= 0.6 is 23.2 Å². The minimum atomic E-state index is -1.09. The van der Waals surface area contributed by atoms with Gasteiger partial charge in [-0.05, 0) is 71.5 Å². The molecule has 4 N–H and O–H groups in total. The number of H-pyrrole nitrogens is 1. The van der Waals surface area contributed by atoms with Gasteiger partial charge in [-0.1, -0.05) is 93.0 Å². The third kappa shape index (κ3) is 9.73. The molecule has 0 radical (unpaired) electrons. The summed E-state index contributed by atoms with van der Waals surface area (Å²) in [4.78, 5) is 28.2. The molecule has 1 amide bonds. The Balaban J connectivity index is 1.54. The predicted octanol–water partition coefficient (Wildman–Crippen LogP) is 8.96. The molecule has 9 nitrogen and oxygen atoms in total. The maximum atomic E-state index is 14.3. The number of nitrogens with one attached hydrogen (secondary N) is 3. The Bertz CT molecular complexity index is 1900. The molecule has 1 aromatic heterocycles. The van der Waals surface area contributed by atoms with Crippen molar-refractivity contribution in [1.82, 2.24) is 15.5 Å². The molecular formula is C41H45Cl2N5O4. The Morgan fingerprint density at radius 2 is 1.79 bits per heavy atom. The lowest BCUT2D eigenvalue weighted by Gasteiger charge is -2.35. The Kier molecular flexibility index (Phi) is 12.6. The van der Waals surface area contributed by atoms with E-state index in [1.165, 1.54) is 19.2 Å². The summed E-state index contributed by atoms with van der Waals surface area (Å²) < 4.78 is 5.47. The number of carboxylic acid groups (broad SMARTS) is 1. The van der Waals surface area contributed by atoms with Crippen LogP contribution in [0.15, 0.2) is 115 Å². The van der Waals surface area contributed by atoms with Crippen LogP contribution in [0.5, 0.6) is 5.75 Å². The molecule has 0 saturated carbocycles. The van der Waals surface area contributed by atoms with E-state index < -0.39 is 17.9 Å². The number of aromatic carboxylic acids is 1. The Hall–Kier alpha value is -4.83. The fourth-order valence-corrected chi connectivity index (χ4v) is 7.23. The van der Waals surface area contributed by atoms with Crippen LogP contribution in [-0.2, 0) is 11.3 Å². The Labute approximate surface area is 315 Å². The van der Waals surface area contributed by atoms with Gasteiger partial charge in [0.15, 0.2) is 0 Å². The standard InChI is InChI=1S/C41H45Cl2N5O4/c1-6-7-8-9-33(43)37-32(25-48(31-17-15-30(42)16-18-31)24-26-10-12-27(13-11-26)29-22-44-45-23-29)35(21-41(2,3)4)46-38(37)39(49)47-34-19-14-28(40(50)51)20-36(34)52-5/h6-20,22-23,32,35,37-38,46H,1,21,24-25H2,2-5H3,(H,44,45)(H,47,49)(H,50,51)/b8-7-,33-9-/t32?,35?,37?,38-/m1/s1. The normalized spacial score (nSPS) is 19.1. The second kappa shape index (κ2) is 17.1. The number of carbonyl (C=O) groups is 2. The molecule has 1 aliphatic heterocycles. The number of hydrogen-bond acceptors (Lipinski definition) is 6. The van der Waals surface area contributed by atoms with E-state index in [1.807, 2.05) is 42.6 Å². The van der Waals surface area contributed by atoms with E-state index >= 15 is 0 Å². The number of ether oxygens (including phenoxy) is 1. The summed E-state index contributed by atoms with van der Waals surface area (Å²) in [7, 11) is 1.44. The van der Waals surface area contributed by atoms with Crippen molar-refractivity contribution >= 4 is 46.5 Å². The van der Waals surface area contributed by atoms with E-state index in [2.05, 4.69) is 77.3 Å². The van der Waals surface area contributed by atoms with Crippen molar-refractivity contribution in [2.24, 2.45) is 17.3 Å². The molecule has 3 aromatic carbocycles. The highest BCUT2D eigenvalue weighted by molar-refractivity contribution is 6.30. The van der Waals surface area contributed by atoms with E-state index in [4.69, 9.17) is 27.9 Å². The largest absolute Gasteiger partial charge is 0.495 e. The van der Waals surface area contributed by atoms with Crippen LogP contribution in [-0.4, -0.2) is 52.9 Å². The summed E-state index contributed by atoms with van der Waals surface area (Å²) in [5, 5.41) is 24.3. The highest BCUT2D eigenvalue weighted by atomic mass is 35.5. The smallest absolute Gasteiger partial charge is 0.335 e. The highest BCUT2D eigenvalue weighted by Gasteiger charge is 2.49. The Morgan fingerprint density at radius 3 is 2.40 bits per heavy atom. The van der Waals surface area contributed by atoms with Crippen LogP contribution in [0.25, 0.3) is 11.1 Å². The predicted molar refractivity (Wildman–Crippen MR) is 210 cm³/mol. The molecule has 0 bridgehead atoms. The lowest BCUT2D eigenvalue weighted by Crippen LogP contribution is -2.43. The van der Waals surface area contributed by atoms with Gasteiger partial charge >= 0.3 is 5.97 Å². The fourth-order valence-electron chi connectivity index (χ4n) is 6.74. The number of carboxylic acids is 1. The number of amides is 1. The van der Waals surface area contributed by atoms with Crippen LogP contribution in [0.1, 0.15) is 43.1 Å². The first kappa shape index (κ1) is 38.4. The van der Waals surface area contributed by atoms with Crippen molar-refractivity contribution in [3.8, 4) is 16.9 Å². The topological polar surface area (TPSA) is 120 Å². The lowest BCUT2D eigenvalue weighted by molar-refractivity contribution is -0.118. The van der Waals surface area contributed by atoms with Crippen molar-refractivity contribution in [3.05, 3.63) is 131 Å². The number of benzene rings is 3. The average molecular weight is 743 g/mol. The second-order valence-corrected chi connectivity index (χ2v) is 15.0. The van der Waals surface area contributed by atoms with Gasteiger partial charge in [-0.3, -0.25) is 9.89 Å². The molecule has 11 heteroatoms. The quantitative estimate of drug-likeness (QED) is 0.0953. The maximum Gasteiger partial charge on any atom is 0.335 e. The highest BCUT2D eigenvalue weighted by Crippen LogP contribution is 2.42. The first-order chi connectivity index (χ1) is 24.9. The molecule has 3 unspecified atom stereocenters. The molecule has 4 aromatic rings. The van der Waals surface area contributed by atoms with Crippen LogP contribution in [0, 0.1) is 17.3 Å². The maximum absolute atomic E-state index is 14.3. The monoisotopic (exact) mass is 741 g/mol. The zero-order valence-electron chi connectivity index (χ0n) is 29.8. The van der Waals surface area contributed by atoms with E-state index in [1.54, 1.807) is 24.4 Å². The molecule has 272 valence electrons. The molecule has 0 spiro atoms. The molecule has 52 heavy (non-hydrogen) atoms. The number of carbonyl (C=O) groups excluding carboxylic acids is 1. The van der Waals surface area contributed by atoms with Crippen molar-refractivity contribution in [1.29, 1.82) is 0 Å². The number of anilines is 2. The molecule has 1 aliphatic rings. The van der Waals surface area contributed by atoms with Crippen molar-refractivity contribution in [3.63, 3.8) is 0 Å². The van der Waals surface area contributed by atoms with Gasteiger partial charge < -0.3 is 25.4 Å². The summed E-state index contributed by atoms with van der Waals surface area (Å²) >= 11 is 13.6. The molecule has 2 heterocycles. The summed E-state index contributed by atoms with van der Waals surface area (Å²) in [6.45, 7) is 11.5. The van der Waals surface area contributed by atoms with E-state index in [0.717, 1.165) is 28.8 Å². The summed E-state index contributed by atoms with van der Waals surface area (Å²) in [5.41, 5.74) is 4.51. The van der Waals surface area contributed by atoms with Gasteiger partial charge in [0.25, 0.3) is 0 Å². The van der Waals surface area contributed by atoms with Gasteiger partial charge in [0, 0.05) is 58.5 Å². The summed E-state index contributed by atoms with van der Waals surface area (Å²) in [6, 6.07) is 19.8. The minimum Gasteiger partial charge on any atom is -0.495 e. The van der Waals surface area contributed by atoms with Gasteiger partial charge in [0.1, 0.15) is 5.75 Å². The lowest BCUT2D eigenvalue weighted by atomic mass is 9.79. The van der Waals surface area contributed by atoms with Crippen molar-refractivity contribution in [2.45, 2.75) is 45.8 Å². The van der Waals surface area contributed by atoms with Crippen LogP contribution < -0.4 is 20.3 Å². The number of hydrogen-bond donors (Lipinski definition) is 4. The van der Waals surface area contributed by atoms with Crippen molar-refractivity contribution in [2.75, 3.05) is 23.9 Å². The van der Waals surface area contributed by atoms with Gasteiger partial charge in [0.2, 0.25) is 5.91 Å². The van der Waals surface area contributed by atoms with Gasteiger partial charge in [0.05, 0.1) is 30.6 Å². The zero-order chi connectivity index (χ0) is 37.4. The van der Waals surface area contributed by atoms with Crippen LogP contribution in [0.4, 0.5) is 11.4 Å². The van der Waals surface area contributed by atoms with E-state index in [-0.39, 0.29) is 34.6 Å². The number of rotatable bonds is 14. The van der Waals surface area contributed by atoms with Crippen molar-refractivity contribution < 1.29 is 19.4 Å². The Morgan fingerprint density at radius 1 is 1.06 bits per heavy atom. The molecule has 1 saturated heterocycles. The molecule has 0 aliphatic carbocycles. The van der Waals surface area contributed by atoms with Gasteiger partial charge in [-0.25, -0.2) is 4.79 Å². The third-order valence-corrected chi connectivity index (χ3v) is 9.78. The number of methoxy groups -OCH3 is 1. The molecule has 1 fully saturated rings. The first-order valence-electron chi connectivity index (χ1n) is 17.1.